The highest BCUT2D eigenvalue weighted by Gasteiger charge is 2.26. The number of nitrogens with one attached hydrogen (secondary N) is 3. The van der Waals surface area contributed by atoms with Crippen LogP contribution in [0.5, 0.6) is 0 Å². The third-order valence-electron chi connectivity index (χ3n) is 4.75. The Hall–Kier alpha value is -4.65. The van der Waals surface area contributed by atoms with E-state index >= 15 is 0 Å². The molecule has 2 aromatic carbocycles. The molecule has 0 aliphatic carbocycles. The van der Waals surface area contributed by atoms with Crippen molar-refractivity contribution in [1.82, 2.24) is 21.2 Å². The molecule has 0 bridgehead atoms. The first-order chi connectivity index (χ1) is 16.7. The molecule has 0 aromatic heterocycles. The van der Waals surface area contributed by atoms with E-state index in [1.165, 1.54) is 12.1 Å². The largest absolute Gasteiger partial charge is 0.480 e. The summed E-state index contributed by atoms with van der Waals surface area (Å²) >= 11 is 0. The van der Waals surface area contributed by atoms with Crippen LogP contribution >= 0.6 is 0 Å². The number of urea groups is 1. The molecule has 186 valence electrons. The van der Waals surface area contributed by atoms with Gasteiger partial charge < -0.3 is 21.9 Å². The van der Waals surface area contributed by atoms with Crippen molar-refractivity contribution >= 4 is 29.8 Å². The van der Waals surface area contributed by atoms with Gasteiger partial charge in [-0.2, -0.15) is 0 Å². The lowest BCUT2D eigenvalue weighted by atomic mass is 10.1. The molecule has 0 fully saturated rings. The smallest absolute Gasteiger partial charge is 0.337 e. The van der Waals surface area contributed by atoms with Crippen molar-refractivity contribution in [3.8, 4) is 0 Å². The number of nitrogen functional groups attached to an aromatic ring is 1. The number of hydrogen-bond donors (Lipinski definition) is 7. The van der Waals surface area contributed by atoms with Gasteiger partial charge in [-0.05, 0) is 30.5 Å². The molecule has 0 heterocycles. The number of carboxylic acid groups (broad SMARTS) is 1. The van der Waals surface area contributed by atoms with E-state index in [1.807, 2.05) is 5.43 Å². The molecule has 2 rings (SSSR count). The molecule has 1 atom stereocenters. The highest BCUT2D eigenvalue weighted by Crippen LogP contribution is 2.11. The molecule has 0 unspecified atom stereocenters. The van der Waals surface area contributed by atoms with E-state index in [1.54, 1.807) is 42.5 Å². The average Bonchev–Trinajstić information content (AvgIpc) is 2.85. The maximum atomic E-state index is 13.0. The lowest BCUT2D eigenvalue weighted by Crippen LogP contribution is -2.54. The fourth-order valence-corrected chi connectivity index (χ4v) is 3.06. The number of aliphatic carboxylic acids is 1. The molecule has 0 radical (unpaired) electrons. The number of nitrogens with two attached hydrogens (primary N) is 3. The first-order valence-corrected chi connectivity index (χ1v) is 10.5. The minimum atomic E-state index is -1.26. The molecule has 35 heavy (non-hydrogen) atoms. The van der Waals surface area contributed by atoms with E-state index in [9.17, 15) is 24.3 Å². The van der Waals surface area contributed by atoms with E-state index < -0.39 is 29.9 Å². The fourth-order valence-electron chi connectivity index (χ4n) is 3.06. The molecular weight excluding hydrogens is 456 g/mol. The summed E-state index contributed by atoms with van der Waals surface area (Å²) in [5, 5.41) is 12.8. The molecule has 0 spiro atoms. The molecule has 0 saturated heterocycles. The van der Waals surface area contributed by atoms with E-state index in [0.29, 0.717) is 12.0 Å². The van der Waals surface area contributed by atoms with Crippen molar-refractivity contribution in [2.45, 2.75) is 25.4 Å². The minimum Gasteiger partial charge on any atom is -0.480 e. The molecule has 0 saturated carbocycles. The average molecular weight is 485 g/mol. The summed E-state index contributed by atoms with van der Waals surface area (Å²) in [6.07, 6.45) is 0.340. The van der Waals surface area contributed by atoms with Crippen molar-refractivity contribution in [2.24, 2.45) is 22.3 Å². The number of amides is 4. The zero-order valence-electron chi connectivity index (χ0n) is 18.8. The summed E-state index contributed by atoms with van der Waals surface area (Å²) in [5.41, 5.74) is 15.5. The van der Waals surface area contributed by atoms with Gasteiger partial charge in [0, 0.05) is 6.54 Å². The number of guanidine groups is 1. The fraction of sp³-hybridized carbons (Fsp3) is 0.227. The number of hydrazine groups is 2. The number of carbonyl (C=O) groups excluding carboxylic acids is 3. The van der Waals surface area contributed by atoms with Crippen LogP contribution in [-0.4, -0.2) is 52.5 Å². The van der Waals surface area contributed by atoms with E-state index in [0.717, 1.165) is 5.01 Å². The van der Waals surface area contributed by atoms with Crippen LogP contribution in [0.2, 0.25) is 0 Å². The first kappa shape index (κ1) is 26.6. The van der Waals surface area contributed by atoms with Gasteiger partial charge in [0.25, 0.3) is 11.8 Å². The second-order valence-corrected chi connectivity index (χ2v) is 7.32. The maximum absolute atomic E-state index is 13.0. The Balaban J connectivity index is 2.23. The van der Waals surface area contributed by atoms with Gasteiger partial charge in [-0.15, -0.1) is 0 Å². The van der Waals surface area contributed by atoms with E-state index in [-0.39, 0.29) is 36.6 Å². The SMILES string of the molecule is NNC(=O)c1ccccc1C(=O)NN(Cc1ccccc1)C(=O)N[C@H](CCCN=C(N)N)C(=O)O. The zero-order valence-corrected chi connectivity index (χ0v) is 18.8. The van der Waals surface area contributed by atoms with Crippen molar-refractivity contribution in [3.63, 3.8) is 0 Å². The summed E-state index contributed by atoms with van der Waals surface area (Å²) in [7, 11) is 0. The van der Waals surface area contributed by atoms with Gasteiger partial charge in [-0.1, -0.05) is 42.5 Å². The topological polar surface area (TPSA) is 218 Å². The van der Waals surface area contributed by atoms with Crippen LogP contribution in [0.3, 0.4) is 0 Å². The van der Waals surface area contributed by atoms with Crippen molar-refractivity contribution in [1.29, 1.82) is 0 Å². The number of carboxylic acids is 1. The molecule has 10 N–H and O–H groups in total. The number of nitrogens with zero attached hydrogens (tertiary/aromatic N) is 2. The van der Waals surface area contributed by atoms with Gasteiger partial charge in [0.15, 0.2) is 5.96 Å². The van der Waals surface area contributed by atoms with Crippen LogP contribution in [0.4, 0.5) is 4.79 Å². The second-order valence-electron chi connectivity index (χ2n) is 7.32. The number of rotatable bonds is 10. The lowest BCUT2D eigenvalue weighted by Gasteiger charge is -2.26. The molecule has 13 heteroatoms. The molecule has 4 amide bonds. The van der Waals surface area contributed by atoms with Crippen molar-refractivity contribution in [3.05, 3.63) is 71.3 Å². The number of hydrogen-bond acceptors (Lipinski definition) is 6. The number of aliphatic imine (C=N–C) groups is 1. The standard InChI is InChI=1S/C22H28N8O5/c23-21(24)26-12-6-11-17(20(33)34)27-22(35)30(13-14-7-2-1-3-8-14)29-19(32)16-10-5-4-9-15(16)18(31)28-25/h1-5,7-10,17H,6,11-13,25H2,(H,27,35)(H,28,31)(H,29,32)(H,33,34)(H4,23,24,26)/t17-/m1/s1. The van der Waals surface area contributed by atoms with Gasteiger partial charge in [0.1, 0.15) is 6.04 Å². The quantitative estimate of drug-likeness (QED) is 0.0589. The Morgan fingerprint density at radius 2 is 1.54 bits per heavy atom. The monoisotopic (exact) mass is 484 g/mol. The van der Waals surface area contributed by atoms with Crippen LogP contribution in [-0.2, 0) is 11.3 Å². The summed E-state index contributed by atoms with van der Waals surface area (Å²) < 4.78 is 0. The molecule has 13 nitrogen and oxygen atoms in total. The van der Waals surface area contributed by atoms with Crippen molar-refractivity contribution in [2.75, 3.05) is 6.54 Å². The predicted molar refractivity (Wildman–Crippen MR) is 127 cm³/mol. The van der Waals surface area contributed by atoms with Crippen molar-refractivity contribution < 1.29 is 24.3 Å². The number of benzene rings is 2. The zero-order chi connectivity index (χ0) is 25.8. The van der Waals surface area contributed by atoms with Crippen LogP contribution in [0.1, 0.15) is 39.1 Å². The Morgan fingerprint density at radius 1 is 0.943 bits per heavy atom. The van der Waals surface area contributed by atoms with Gasteiger partial charge in [0.2, 0.25) is 0 Å². The van der Waals surface area contributed by atoms with Gasteiger partial charge in [-0.3, -0.25) is 25.4 Å². The Kier molecular flexibility index (Phi) is 10.00. The van der Waals surface area contributed by atoms with Crippen LogP contribution in [0.15, 0.2) is 59.6 Å². The molecular formula is C22H28N8O5. The molecule has 0 aliphatic heterocycles. The Bertz CT molecular complexity index is 1070. The minimum absolute atomic E-state index is 0.00397. The van der Waals surface area contributed by atoms with Crippen LogP contribution in [0, 0.1) is 0 Å². The van der Waals surface area contributed by atoms with E-state index in [4.69, 9.17) is 17.3 Å². The lowest BCUT2D eigenvalue weighted by molar-refractivity contribution is -0.139. The summed E-state index contributed by atoms with van der Waals surface area (Å²) in [6, 6.07) is 12.5. The summed E-state index contributed by atoms with van der Waals surface area (Å²) in [5.74, 6) is 2.34. The summed E-state index contributed by atoms with van der Waals surface area (Å²) in [4.78, 5) is 53.5. The maximum Gasteiger partial charge on any atom is 0.337 e. The Labute approximate surface area is 201 Å². The van der Waals surface area contributed by atoms with Gasteiger partial charge >= 0.3 is 12.0 Å². The third-order valence-corrected chi connectivity index (χ3v) is 4.75. The molecule has 0 aliphatic rings. The summed E-state index contributed by atoms with van der Waals surface area (Å²) in [6.45, 7) is 0.108. The van der Waals surface area contributed by atoms with Gasteiger partial charge in [-0.25, -0.2) is 20.4 Å². The number of carbonyl (C=O) groups is 4. The molecule has 2 aromatic rings. The Morgan fingerprint density at radius 3 is 2.11 bits per heavy atom. The normalized spacial score (nSPS) is 11.0. The third kappa shape index (κ3) is 8.33. The highest BCUT2D eigenvalue weighted by molar-refractivity contribution is 6.07. The second kappa shape index (κ2) is 13.2. The van der Waals surface area contributed by atoms with E-state index in [2.05, 4.69) is 15.7 Å². The van der Waals surface area contributed by atoms with Gasteiger partial charge in [0.05, 0.1) is 17.7 Å². The van der Waals surface area contributed by atoms with Crippen LogP contribution in [0.25, 0.3) is 0 Å². The predicted octanol–water partition coefficient (Wildman–Crippen LogP) is -0.346. The first-order valence-electron chi connectivity index (χ1n) is 10.5. The van der Waals surface area contributed by atoms with Crippen LogP contribution < -0.4 is 33.5 Å². The highest BCUT2D eigenvalue weighted by atomic mass is 16.4.